The molecule has 1 aliphatic heterocycles. The summed E-state index contributed by atoms with van der Waals surface area (Å²) in [5, 5.41) is 4.74. The zero-order valence-corrected chi connectivity index (χ0v) is 16.3. The van der Waals surface area contributed by atoms with Gasteiger partial charge in [0, 0.05) is 37.5 Å². The summed E-state index contributed by atoms with van der Waals surface area (Å²) in [6.07, 6.45) is 9.02. The molecule has 1 aliphatic carbocycles. The number of nitrogens with one attached hydrogen (secondary N) is 1. The Morgan fingerprint density at radius 1 is 1.29 bits per heavy atom. The number of aliphatic imine (C=N–C) groups is 1. The minimum absolute atomic E-state index is 0.596. The van der Waals surface area contributed by atoms with Crippen LogP contribution >= 0.6 is 11.3 Å². The largest absolute Gasteiger partial charge is 0.357 e. The molecule has 1 spiro atoms. The van der Waals surface area contributed by atoms with E-state index in [2.05, 4.69) is 31.0 Å². The molecule has 1 N–H and O–H groups in total. The highest BCUT2D eigenvalue weighted by Gasteiger charge is 2.41. The molecule has 0 bridgehead atoms. The molecular formula is C19H32N4S. The monoisotopic (exact) mass is 348 g/mol. The van der Waals surface area contributed by atoms with Crippen molar-refractivity contribution >= 4 is 17.3 Å². The van der Waals surface area contributed by atoms with Crippen LogP contribution in [0.3, 0.4) is 0 Å². The highest BCUT2D eigenvalue weighted by atomic mass is 32.1. The van der Waals surface area contributed by atoms with E-state index in [1.54, 1.807) is 0 Å². The average Bonchev–Trinajstić information content (AvgIpc) is 3.29. The lowest BCUT2D eigenvalue weighted by Gasteiger charge is -2.25. The van der Waals surface area contributed by atoms with Crippen LogP contribution < -0.4 is 5.32 Å². The molecular weight excluding hydrogens is 316 g/mol. The summed E-state index contributed by atoms with van der Waals surface area (Å²) in [6.45, 7) is 10.7. The van der Waals surface area contributed by atoms with Crippen molar-refractivity contribution in [2.75, 3.05) is 26.2 Å². The summed E-state index contributed by atoms with van der Waals surface area (Å²) in [7, 11) is 0. The van der Waals surface area contributed by atoms with Crippen LogP contribution in [0.2, 0.25) is 0 Å². The number of rotatable bonds is 5. The molecule has 1 saturated carbocycles. The molecule has 2 heterocycles. The van der Waals surface area contributed by atoms with Gasteiger partial charge in [0.15, 0.2) is 5.96 Å². The van der Waals surface area contributed by atoms with E-state index < -0.39 is 0 Å². The van der Waals surface area contributed by atoms with Gasteiger partial charge in [-0.15, -0.1) is 11.3 Å². The van der Waals surface area contributed by atoms with Gasteiger partial charge in [-0.05, 0) is 44.9 Å². The fourth-order valence-corrected chi connectivity index (χ4v) is 5.27. The molecule has 1 saturated heterocycles. The lowest BCUT2D eigenvalue weighted by molar-refractivity contribution is 0.309. The molecule has 0 amide bonds. The zero-order chi connectivity index (χ0) is 17.0. The second-order valence-corrected chi connectivity index (χ2v) is 8.62. The van der Waals surface area contributed by atoms with Crippen molar-refractivity contribution in [1.82, 2.24) is 15.2 Å². The maximum absolute atomic E-state index is 4.91. The van der Waals surface area contributed by atoms with Crippen molar-refractivity contribution in [2.45, 2.75) is 65.7 Å². The van der Waals surface area contributed by atoms with Gasteiger partial charge in [-0.25, -0.2) is 4.98 Å². The van der Waals surface area contributed by atoms with Gasteiger partial charge in [0.2, 0.25) is 0 Å². The van der Waals surface area contributed by atoms with Gasteiger partial charge in [0.25, 0.3) is 0 Å². The fraction of sp³-hybridized carbons (Fsp3) is 0.789. The summed E-state index contributed by atoms with van der Waals surface area (Å²) < 4.78 is 0. The van der Waals surface area contributed by atoms with Crippen molar-refractivity contribution in [2.24, 2.45) is 10.4 Å². The van der Waals surface area contributed by atoms with Gasteiger partial charge in [-0.1, -0.05) is 19.8 Å². The highest BCUT2D eigenvalue weighted by Crippen LogP contribution is 2.45. The lowest BCUT2D eigenvalue weighted by atomic mass is 9.86. The molecule has 0 radical (unpaired) electrons. The van der Waals surface area contributed by atoms with Gasteiger partial charge in [-0.3, -0.25) is 4.99 Å². The Balaban J connectivity index is 1.59. The Hall–Kier alpha value is -1.10. The minimum atomic E-state index is 0.596. The van der Waals surface area contributed by atoms with Crippen molar-refractivity contribution < 1.29 is 0 Å². The SMILES string of the molecule is CCNC(=NCCc1nc(CC)c(C)s1)N1CCC2(CCCC2)C1. The predicted molar refractivity (Wildman–Crippen MR) is 103 cm³/mol. The van der Waals surface area contributed by atoms with Crippen LogP contribution in [0.25, 0.3) is 0 Å². The molecule has 2 fully saturated rings. The molecule has 3 rings (SSSR count). The molecule has 24 heavy (non-hydrogen) atoms. The third-order valence-electron chi connectivity index (χ3n) is 5.60. The van der Waals surface area contributed by atoms with E-state index in [9.17, 15) is 0 Å². The smallest absolute Gasteiger partial charge is 0.193 e. The quantitative estimate of drug-likeness (QED) is 0.650. The summed E-state index contributed by atoms with van der Waals surface area (Å²) in [6, 6.07) is 0. The summed E-state index contributed by atoms with van der Waals surface area (Å²) in [4.78, 5) is 13.5. The Bertz CT molecular complexity index is 572. The Kier molecular flexibility index (Phi) is 5.80. The Labute approximate surface area is 150 Å². The number of aromatic nitrogens is 1. The van der Waals surface area contributed by atoms with E-state index >= 15 is 0 Å². The molecule has 2 aliphatic rings. The van der Waals surface area contributed by atoms with E-state index in [4.69, 9.17) is 9.98 Å². The lowest BCUT2D eigenvalue weighted by Crippen LogP contribution is -2.41. The van der Waals surface area contributed by atoms with Gasteiger partial charge in [-0.2, -0.15) is 0 Å². The molecule has 0 atom stereocenters. The zero-order valence-electron chi connectivity index (χ0n) is 15.5. The molecule has 0 aromatic carbocycles. The van der Waals surface area contributed by atoms with E-state index in [0.29, 0.717) is 5.41 Å². The van der Waals surface area contributed by atoms with Gasteiger partial charge >= 0.3 is 0 Å². The first-order chi connectivity index (χ1) is 11.7. The number of nitrogens with zero attached hydrogens (tertiary/aromatic N) is 3. The first kappa shape index (κ1) is 17.7. The van der Waals surface area contributed by atoms with Crippen LogP contribution in [-0.2, 0) is 12.8 Å². The highest BCUT2D eigenvalue weighted by molar-refractivity contribution is 7.11. The number of guanidine groups is 1. The van der Waals surface area contributed by atoms with Crippen LogP contribution in [-0.4, -0.2) is 42.0 Å². The van der Waals surface area contributed by atoms with Crippen LogP contribution in [0.5, 0.6) is 0 Å². The fourth-order valence-electron chi connectivity index (χ4n) is 4.25. The third kappa shape index (κ3) is 3.93. The van der Waals surface area contributed by atoms with Crippen molar-refractivity contribution in [3.05, 3.63) is 15.6 Å². The van der Waals surface area contributed by atoms with Crippen LogP contribution in [0, 0.1) is 12.3 Å². The second-order valence-electron chi connectivity index (χ2n) is 7.33. The predicted octanol–water partition coefficient (Wildman–Crippen LogP) is 3.79. The van der Waals surface area contributed by atoms with Crippen LogP contribution in [0.15, 0.2) is 4.99 Å². The summed E-state index contributed by atoms with van der Waals surface area (Å²) in [5.41, 5.74) is 1.85. The third-order valence-corrected chi connectivity index (χ3v) is 6.67. The molecule has 0 unspecified atom stereocenters. The number of hydrogen-bond acceptors (Lipinski definition) is 3. The summed E-state index contributed by atoms with van der Waals surface area (Å²) >= 11 is 1.84. The molecule has 5 heteroatoms. The topological polar surface area (TPSA) is 40.5 Å². The number of likely N-dealkylation sites (tertiary alicyclic amines) is 1. The summed E-state index contributed by atoms with van der Waals surface area (Å²) in [5.74, 6) is 1.12. The van der Waals surface area contributed by atoms with Gasteiger partial charge in [0.05, 0.1) is 10.7 Å². The van der Waals surface area contributed by atoms with E-state index in [1.807, 2.05) is 11.3 Å². The van der Waals surface area contributed by atoms with Gasteiger partial charge in [0.1, 0.15) is 0 Å². The number of aryl methyl sites for hydroxylation is 2. The van der Waals surface area contributed by atoms with E-state index in [-0.39, 0.29) is 0 Å². The normalized spacial score (nSPS) is 20.3. The Morgan fingerprint density at radius 3 is 2.75 bits per heavy atom. The maximum Gasteiger partial charge on any atom is 0.193 e. The maximum atomic E-state index is 4.91. The van der Waals surface area contributed by atoms with Crippen LogP contribution in [0.4, 0.5) is 0 Å². The number of thiazole rings is 1. The first-order valence-corrected chi connectivity index (χ1v) is 10.5. The molecule has 1 aromatic heterocycles. The average molecular weight is 349 g/mol. The molecule has 1 aromatic rings. The van der Waals surface area contributed by atoms with Crippen molar-refractivity contribution in [1.29, 1.82) is 0 Å². The van der Waals surface area contributed by atoms with Crippen molar-refractivity contribution in [3.8, 4) is 0 Å². The standard InChI is InChI=1S/C19H32N4S/c1-4-16-15(3)24-17(22-16)8-12-21-18(20-5-2)23-13-11-19(14-23)9-6-7-10-19/h4-14H2,1-3H3,(H,20,21). The van der Waals surface area contributed by atoms with E-state index in [1.165, 1.54) is 60.8 Å². The van der Waals surface area contributed by atoms with Gasteiger partial charge < -0.3 is 10.2 Å². The molecule has 134 valence electrons. The number of hydrogen-bond donors (Lipinski definition) is 1. The minimum Gasteiger partial charge on any atom is -0.357 e. The first-order valence-electron chi connectivity index (χ1n) is 9.64. The second kappa shape index (κ2) is 7.85. The Morgan fingerprint density at radius 2 is 2.08 bits per heavy atom. The van der Waals surface area contributed by atoms with E-state index in [0.717, 1.165) is 31.9 Å². The van der Waals surface area contributed by atoms with Crippen LogP contribution in [0.1, 0.15) is 61.5 Å². The molecule has 4 nitrogen and oxygen atoms in total. The van der Waals surface area contributed by atoms with Crippen molar-refractivity contribution in [3.63, 3.8) is 0 Å².